The summed E-state index contributed by atoms with van der Waals surface area (Å²) in [4.78, 5) is 16.5. The highest BCUT2D eigenvalue weighted by molar-refractivity contribution is 6.30. The van der Waals surface area contributed by atoms with E-state index in [9.17, 15) is 4.79 Å². The topological polar surface area (TPSA) is 55.6 Å². The summed E-state index contributed by atoms with van der Waals surface area (Å²) in [6.45, 7) is 2.85. The van der Waals surface area contributed by atoms with Gasteiger partial charge in [-0.05, 0) is 31.2 Å². The fourth-order valence-electron chi connectivity index (χ4n) is 2.41. The minimum Gasteiger partial charge on any atom is -0.493 e. The van der Waals surface area contributed by atoms with E-state index in [4.69, 9.17) is 16.3 Å². The zero-order valence-electron chi connectivity index (χ0n) is 13.8. The fraction of sp³-hybridized carbons (Fsp3) is 0.158. The molecule has 25 heavy (non-hydrogen) atoms. The van der Waals surface area contributed by atoms with E-state index in [1.807, 2.05) is 47.9 Å². The minimum absolute atomic E-state index is 0.193. The summed E-state index contributed by atoms with van der Waals surface area (Å²) in [7, 11) is 0. The first-order valence-corrected chi connectivity index (χ1v) is 8.34. The van der Waals surface area contributed by atoms with Gasteiger partial charge in [0.15, 0.2) is 0 Å². The molecule has 0 bridgehead atoms. The molecule has 0 saturated heterocycles. The van der Waals surface area contributed by atoms with Crippen LogP contribution in [0.25, 0.3) is 11.7 Å². The van der Waals surface area contributed by atoms with Crippen LogP contribution in [-0.2, 0) is 11.3 Å². The number of nitrogens with zero attached hydrogens (tertiary/aromatic N) is 2. The Morgan fingerprint density at radius 1 is 1.28 bits per heavy atom. The maximum absolute atomic E-state index is 12.0. The Morgan fingerprint density at radius 3 is 2.96 bits per heavy atom. The molecule has 1 aromatic carbocycles. The Labute approximate surface area is 150 Å². The average molecular weight is 356 g/mol. The molecule has 128 valence electrons. The Kier molecular flexibility index (Phi) is 5.36. The zero-order chi connectivity index (χ0) is 17.6. The van der Waals surface area contributed by atoms with Crippen molar-refractivity contribution in [3.05, 3.63) is 71.1 Å². The van der Waals surface area contributed by atoms with E-state index in [1.54, 1.807) is 18.3 Å². The molecule has 5 nitrogen and oxygen atoms in total. The van der Waals surface area contributed by atoms with Crippen LogP contribution < -0.4 is 10.1 Å². The van der Waals surface area contributed by atoms with Crippen LogP contribution in [0.1, 0.15) is 18.2 Å². The van der Waals surface area contributed by atoms with Crippen molar-refractivity contribution >= 4 is 29.2 Å². The molecule has 2 aromatic heterocycles. The van der Waals surface area contributed by atoms with Crippen LogP contribution in [0.15, 0.2) is 54.9 Å². The van der Waals surface area contributed by atoms with Crippen molar-refractivity contribution in [2.24, 2.45) is 0 Å². The lowest BCUT2D eigenvalue weighted by Gasteiger charge is -2.06. The summed E-state index contributed by atoms with van der Waals surface area (Å²) in [5, 5.41) is 3.46. The molecular weight excluding hydrogens is 338 g/mol. The highest BCUT2D eigenvalue weighted by Crippen LogP contribution is 2.19. The second kappa shape index (κ2) is 7.85. The molecular formula is C19H18ClN3O2. The Balaban J connectivity index is 1.62. The van der Waals surface area contributed by atoms with Gasteiger partial charge in [0.2, 0.25) is 5.91 Å². The second-order valence-electron chi connectivity index (χ2n) is 5.37. The Bertz CT molecular complexity index is 918. The lowest BCUT2D eigenvalue weighted by molar-refractivity contribution is -0.116. The van der Waals surface area contributed by atoms with Gasteiger partial charge in [-0.2, -0.15) is 0 Å². The Hall–Kier alpha value is -2.79. The number of carbonyl (C=O) groups excluding carboxylic acids is 1. The van der Waals surface area contributed by atoms with Gasteiger partial charge in [-0.1, -0.05) is 29.8 Å². The van der Waals surface area contributed by atoms with Gasteiger partial charge in [0.05, 0.1) is 23.9 Å². The van der Waals surface area contributed by atoms with Gasteiger partial charge in [0, 0.05) is 24.0 Å². The summed E-state index contributed by atoms with van der Waals surface area (Å²) >= 11 is 5.95. The first kappa shape index (κ1) is 17.0. The van der Waals surface area contributed by atoms with Gasteiger partial charge in [-0.25, -0.2) is 4.98 Å². The molecule has 2 heterocycles. The molecule has 0 aliphatic heterocycles. The standard InChI is InChI=1S/C19H18ClN3O2/c1-2-25-17-6-4-3-5-14(17)7-10-19(24)21-11-16-13-23-12-15(20)8-9-18(23)22-16/h3-10,12-13H,2,11H2,1H3,(H,21,24)/b10-7+. The number of hydrogen-bond donors (Lipinski definition) is 1. The number of hydrogen-bond acceptors (Lipinski definition) is 3. The zero-order valence-corrected chi connectivity index (χ0v) is 14.5. The van der Waals surface area contributed by atoms with Gasteiger partial charge >= 0.3 is 0 Å². The fourth-order valence-corrected chi connectivity index (χ4v) is 2.58. The number of imidazole rings is 1. The van der Waals surface area contributed by atoms with Crippen LogP contribution in [0.3, 0.4) is 0 Å². The number of para-hydroxylation sites is 1. The number of carbonyl (C=O) groups is 1. The predicted octanol–water partition coefficient (Wildman–Crippen LogP) is 3.72. The highest BCUT2D eigenvalue weighted by Gasteiger charge is 2.04. The number of ether oxygens (including phenoxy) is 1. The van der Waals surface area contributed by atoms with Crippen molar-refractivity contribution in [3.8, 4) is 5.75 Å². The van der Waals surface area contributed by atoms with Crippen LogP contribution >= 0.6 is 11.6 Å². The smallest absolute Gasteiger partial charge is 0.244 e. The molecule has 0 saturated carbocycles. The lowest BCUT2D eigenvalue weighted by Crippen LogP contribution is -2.20. The third-order valence-electron chi connectivity index (χ3n) is 3.54. The van der Waals surface area contributed by atoms with Gasteiger partial charge in [0.1, 0.15) is 11.4 Å². The van der Waals surface area contributed by atoms with E-state index in [2.05, 4.69) is 10.3 Å². The van der Waals surface area contributed by atoms with Crippen LogP contribution in [0.5, 0.6) is 5.75 Å². The molecule has 0 aliphatic rings. The quantitative estimate of drug-likeness (QED) is 0.686. The van der Waals surface area contributed by atoms with E-state index in [1.165, 1.54) is 6.08 Å². The predicted molar refractivity (Wildman–Crippen MR) is 98.7 cm³/mol. The van der Waals surface area contributed by atoms with E-state index in [0.717, 1.165) is 22.7 Å². The van der Waals surface area contributed by atoms with Crippen molar-refractivity contribution < 1.29 is 9.53 Å². The minimum atomic E-state index is -0.193. The number of amides is 1. The van der Waals surface area contributed by atoms with Gasteiger partial charge in [-0.3, -0.25) is 4.79 Å². The normalized spacial score (nSPS) is 11.1. The molecule has 0 atom stereocenters. The molecule has 0 aliphatic carbocycles. The monoisotopic (exact) mass is 355 g/mol. The van der Waals surface area contributed by atoms with Crippen molar-refractivity contribution in [1.82, 2.24) is 14.7 Å². The van der Waals surface area contributed by atoms with E-state index in [-0.39, 0.29) is 5.91 Å². The van der Waals surface area contributed by atoms with Crippen molar-refractivity contribution in [2.75, 3.05) is 6.61 Å². The van der Waals surface area contributed by atoms with E-state index < -0.39 is 0 Å². The third-order valence-corrected chi connectivity index (χ3v) is 3.77. The highest BCUT2D eigenvalue weighted by atomic mass is 35.5. The summed E-state index contributed by atoms with van der Waals surface area (Å²) in [6, 6.07) is 11.2. The number of halogens is 1. The summed E-state index contributed by atoms with van der Waals surface area (Å²) in [6.07, 6.45) is 6.85. The molecule has 0 radical (unpaired) electrons. The molecule has 3 aromatic rings. The summed E-state index contributed by atoms with van der Waals surface area (Å²) in [5.74, 6) is 0.563. The molecule has 3 rings (SSSR count). The average Bonchev–Trinajstić information content (AvgIpc) is 3.01. The SMILES string of the molecule is CCOc1ccccc1/C=C/C(=O)NCc1cn2cc(Cl)ccc2n1. The van der Waals surface area contributed by atoms with Crippen LogP contribution in [0, 0.1) is 0 Å². The maximum Gasteiger partial charge on any atom is 0.244 e. The van der Waals surface area contributed by atoms with Crippen molar-refractivity contribution in [1.29, 1.82) is 0 Å². The maximum atomic E-state index is 12.0. The largest absolute Gasteiger partial charge is 0.493 e. The van der Waals surface area contributed by atoms with Gasteiger partial charge in [-0.15, -0.1) is 0 Å². The van der Waals surface area contributed by atoms with Crippen LogP contribution in [-0.4, -0.2) is 21.9 Å². The van der Waals surface area contributed by atoms with Gasteiger partial charge < -0.3 is 14.5 Å². The second-order valence-corrected chi connectivity index (χ2v) is 5.80. The van der Waals surface area contributed by atoms with Crippen molar-refractivity contribution in [2.45, 2.75) is 13.5 Å². The molecule has 1 N–H and O–H groups in total. The van der Waals surface area contributed by atoms with Crippen LogP contribution in [0.2, 0.25) is 5.02 Å². The first-order valence-electron chi connectivity index (χ1n) is 7.96. The number of pyridine rings is 1. The van der Waals surface area contributed by atoms with Crippen LogP contribution in [0.4, 0.5) is 0 Å². The molecule has 0 spiro atoms. The third kappa shape index (κ3) is 4.39. The number of fused-ring (bicyclic) bond motifs is 1. The molecule has 0 fully saturated rings. The number of rotatable bonds is 6. The summed E-state index contributed by atoms with van der Waals surface area (Å²) in [5.41, 5.74) is 2.41. The first-order chi connectivity index (χ1) is 12.2. The number of nitrogens with one attached hydrogen (secondary N) is 1. The number of aromatic nitrogens is 2. The Morgan fingerprint density at radius 2 is 2.12 bits per heavy atom. The van der Waals surface area contributed by atoms with Gasteiger partial charge in [0.25, 0.3) is 0 Å². The van der Waals surface area contributed by atoms with E-state index in [0.29, 0.717) is 18.2 Å². The molecule has 1 amide bonds. The molecule has 6 heteroatoms. The summed E-state index contributed by atoms with van der Waals surface area (Å²) < 4.78 is 7.37. The number of benzene rings is 1. The lowest BCUT2D eigenvalue weighted by atomic mass is 10.2. The van der Waals surface area contributed by atoms with E-state index >= 15 is 0 Å². The van der Waals surface area contributed by atoms with Crippen molar-refractivity contribution in [3.63, 3.8) is 0 Å². The molecule has 0 unspecified atom stereocenters.